The van der Waals surface area contributed by atoms with Crippen LogP contribution in [0.1, 0.15) is 33.6 Å². The maximum absolute atomic E-state index is 12.5. The van der Waals surface area contributed by atoms with Gasteiger partial charge in [0.05, 0.1) is 17.3 Å². The second-order valence-corrected chi connectivity index (χ2v) is 6.35. The van der Waals surface area contributed by atoms with Crippen molar-refractivity contribution < 1.29 is 4.79 Å². The van der Waals surface area contributed by atoms with Crippen molar-refractivity contribution in [1.82, 2.24) is 10.2 Å². The minimum atomic E-state index is -0.00255. The predicted molar refractivity (Wildman–Crippen MR) is 85.0 cm³/mol. The van der Waals surface area contributed by atoms with Crippen LogP contribution in [0.2, 0.25) is 0 Å². The molecule has 0 unspecified atom stereocenters. The molecule has 0 radical (unpaired) electrons. The molecule has 4 nitrogen and oxygen atoms in total. The molecule has 1 aliphatic carbocycles. The number of carbonyl (C=O) groups excluding carboxylic acids is 1. The lowest BCUT2D eigenvalue weighted by molar-refractivity contribution is 0.102. The number of nitrogens with zero attached hydrogens (tertiary/aromatic N) is 1. The third-order valence-corrected chi connectivity index (χ3v) is 5.09. The van der Waals surface area contributed by atoms with E-state index >= 15 is 0 Å². The smallest absolute Gasteiger partial charge is 0.256 e. The zero-order chi connectivity index (χ0) is 14.2. The Morgan fingerprint density at radius 3 is 3.14 bits per heavy atom. The normalized spacial score (nSPS) is 14.1. The minimum Gasteiger partial charge on any atom is -0.322 e. The SMILES string of the molecule is O=C(Nc1ccc2[nH]ncc2c1)c1csc2c1CCCC2. The first-order valence-electron chi connectivity index (χ1n) is 7.15. The molecule has 21 heavy (non-hydrogen) atoms. The van der Waals surface area contributed by atoms with E-state index in [0.717, 1.165) is 35.0 Å². The largest absolute Gasteiger partial charge is 0.322 e. The highest BCUT2D eigenvalue weighted by Gasteiger charge is 2.20. The topological polar surface area (TPSA) is 57.8 Å². The van der Waals surface area contributed by atoms with Gasteiger partial charge in [0.15, 0.2) is 0 Å². The number of anilines is 1. The Labute approximate surface area is 126 Å². The summed E-state index contributed by atoms with van der Waals surface area (Å²) in [4.78, 5) is 13.9. The summed E-state index contributed by atoms with van der Waals surface area (Å²) in [5.41, 5.74) is 3.89. The second-order valence-electron chi connectivity index (χ2n) is 5.38. The standard InChI is InChI=1S/C16H15N3OS/c20-16(13-9-21-15-4-2-1-3-12(13)15)18-11-5-6-14-10(7-11)8-17-19-14/h5-9H,1-4H2,(H,17,19)(H,18,20). The molecule has 2 aromatic heterocycles. The van der Waals surface area contributed by atoms with Gasteiger partial charge in [0.2, 0.25) is 0 Å². The lowest BCUT2D eigenvalue weighted by atomic mass is 9.95. The first-order chi connectivity index (χ1) is 10.3. The Balaban J connectivity index is 1.61. The van der Waals surface area contributed by atoms with Crippen LogP contribution in [0.3, 0.4) is 0 Å². The zero-order valence-corrected chi connectivity index (χ0v) is 12.3. The Morgan fingerprint density at radius 2 is 2.19 bits per heavy atom. The van der Waals surface area contributed by atoms with Crippen LogP contribution in [0.25, 0.3) is 10.9 Å². The van der Waals surface area contributed by atoms with Crippen LogP contribution < -0.4 is 5.32 Å². The van der Waals surface area contributed by atoms with Crippen LogP contribution in [0.5, 0.6) is 0 Å². The Bertz CT molecular complexity index is 818. The average molecular weight is 297 g/mol. The number of hydrogen-bond donors (Lipinski definition) is 2. The van der Waals surface area contributed by atoms with Crippen molar-refractivity contribution in [3.63, 3.8) is 0 Å². The van der Waals surface area contributed by atoms with Gasteiger partial charge in [0.1, 0.15) is 0 Å². The third-order valence-electron chi connectivity index (χ3n) is 4.00. The van der Waals surface area contributed by atoms with Gasteiger partial charge in [0, 0.05) is 21.3 Å². The number of fused-ring (bicyclic) bond motifs is 2. The first-order valence-corrected chi connectivity index (χ1v) is 8.03. The van der Waals surface area contributed by atoms with Crippen molar-refractivity contribution in [2.45, 2.75) is 25.7 Å². The third kappa shape index (κ3) is 2.23. The monoisotopic (exact) mass is 297 g/mol. The minimum absolute atomic E-state index is 0.00255. The molecule has 106 valence electrons. The summed E-state index contributed by atoms with van der Waals surface area (Å²) in [6.07, 6.45) is 6.34. The van der Waals surface area contributed by atoms with Gasteiger partial charge in [-0.05, 0) is 49.4 Å². The molecule has 1 amide bonds. The number of aromatic nitrogens is 2. The summed E-state index contributed by atoms with van der Waals surface area (Å²) in [5, 5.41) is 12.9. The second kappa shape index (κ2) is 5.00. The first kappa shape index (κ1) is 12.6. The average Bonchev–Trinajstić information content (AvgIpc) is 3.13. The molecule has 1 aliphatic rings. The van der Waals surface area contributed by atoms with Crippen molar-refractivity contribution in [2.24, 2.45) is 0 Å². The molecule has 4 rings (SSSR count). The Kier molecular flexibility index (Phi) is 3.00. The van der Waals surface area contributed by atoms with Gasteiger partial charge in [-0.25, -0.2) is 0 Å². The van der Waals surface area contributed by atoms with Crippen LogP contribution in [0, 0.1) is 0 Å². The van der Waals surface area contributed by atoms with E-state index in [9.17, 15) is 4.79 Å². The van der Waals surface area contributed by atoms with Gasteiger partial charge in [-0.15, -0.1) is 11.3 Å². The van der Waals surface area contributed by atoms with Crippen molar-refractivity contribution >= 4 is 33.8 Å². The van der Waals surface area contributed by atoms with E-state index in [0.29, 0.717) is 0 Å². The van der Waals surface area contributed by atoms with E-state index in [4.69, 9.17) is 0 Å². The molecule has 0 saturated heterocycles. The van der Waals surface area contributed by atoms with Crippen LogP contribution in [-0.2, 0) is 12.8 Å². The Hall–Kier alpha value is -2.14. The molecule has 0 atom stereocenters. The van der Waals surface area contributed by atoms with Crippen LogP contribution in [0.15, 0.2) is 29.8 Å². The molecule has 2 heterocycles. The molecule has 0 bridgehead atoms. The highest BCUT2D eigenvalue weighted by atomic mass is 32.1. The lowest BCUT2D eigenvalue weighted by Gasteiger charge is -2.12. The number of thiophene rings is 1. The fraction of sp³-hybridized carbons (Fsp3) is 0.250. The van der Waals surface area contributed by atoms with E-state index in [-0.39, 0.29) is 5.91 Å². The molecule has 0 spiro atoms. The maximum atomic E-state index is 12.5. The van der Waals surface area contributed by atoms with E-state index in [1.165, 1.54) is 23.3 Å². The van der Waals surface area contributed by atoms with E-state index in [2.05, 4.69) is 15.5 Å². The maximum Gasteiger partial charge on any atom is 0.256 e. The molecule has 5 heteroatoms. The number of amides is 1. The van der Waals surface area contributed by atoms with Crippen molar-refractivity contribution in [3.8, 4) is 0 Å². The van der Waals surface area contributed by atoms with Crippen LogP contribution >= 0.6 is 11.3 Å². The molecular weight excluding hydrogens is 282 g/mol. The molecule has 0 fully saturated rings. The highest BCUT2D eigenvalue weighted by molar-refractivity contribution is 7.10. The van der Waals surface area contributed by atoms with E-state index in [1.54, 1.807) is 17.5 Å². The van der Waals surface area contributed by atoms with Crippen LogP contribution in [-0.4, -0.2) is 16.1 Å². The van der Waals surface area contributed by atoms with Gasteiger partial charge in [-0.2, -0.15) is 5.10 Å². The van der Waals surface area contributed by atoms with E-state index < -0.39 is 0 Å². The van der Waals surface area contributed by atoms with Crippen molar-refractivity contribution in [3.05, 3.63) is 45.8 Å². The number of aromatic amines is 1. The number of aryl methyl sites for hydroxylation is 1. The number of benzene rings is 1. The summed E-state index contributed by atoms with van der Waals surface area (Å²) >= 11 is 1.72. The molecule has 3 aromatic rings. The quantitative estimate of drug-likeness (QED) is 0.756. The summed E-state index contributed by atoms with van der Waals surface area (Å²) in [6.45, 7) is 0. The summed E-state index contributed by atoms with van der Waals surface area (Å²) in [6, 6.07) is 5.77. The number of carbonyl (C=O) groups is 1. The van der Waals surface area contributed by atoms with Crippen molar-refractivity contribution in [2.75, 3.05) is 5.32 Å². The van der Waals surface area contributed by atoms with Gasteiger partial charge >= 0.3 is 0 Å². The van der Waals surface area contributed by atoms with Gasteiger partial charge in [0.25, 0.3) is 5.91 Å². The van der Waals surface area contributed by atoms with Gasteiger partial charge < -0.3 is 5.32 Å². The number of nitrogens with one attached hydrogen (secondary N) is 2. The summed E-state index contributed by atoms with van der Waals surface area (Å²) in [5.74, 6) is -0.00255. The Morgan fingerprint density at radius 1 is 1.29 bits per heavy atom. The van der Waals surface area contributed by atoms with Crippen LogP contribution in [0.4, 0.5) is 5.69 Å². The molecular formula is C16H15N3OS. The number of rotatable bonds is 2. The van der Waals surface area contributed by atoms with Crippen molar-refractivity contribution in [1.29, 1.82) is 0 Å². The molecule has 1 aromatic carbocycles. The van der Waals surface area contributed by atoms with E-state index in [1.807, 2.05) is 23.6 Å². The summed E-state index contributed by atoms with van der Waals surface area (Å²) < 4.78 is 0. The highest BCUT2D eigenvalue weighted by Crippen LogP contribution is 2.30. The molecule has 0 saturated carbocycles. The summed E-state index contributed by atoms with van der Waals surface area (Å²) in [7, 11) is 0. The number of H-pyrrole nitrogens is 1. The van der Waals surface area contributed by atoms with Gasteiger partial charge in [-0.3, -0.25) is 9.89 Å². The van der Waals surface area contributed by atoms with Gasteiger partial charge in [-0.1, -0.05) is 0 Å². The predicted octanol–water partition coefficient (Wildman–Crippen LogP) is 3.76. The lowest BCUT2D eigenvalue weighted by Crippen LogP contribution is -2.14. The molecule has 2 N–H and O–H groups in total. The fourth-order valence-corrected chi connectivity index (χ4v) is 4.03. The number of hydrogen-bond acceptors (Lipinski definition) is 3. The molecule has 0 aliphatic heterocycles. The fourth-order valence-electron chi connectivity index (χ4n) is 2.90. The zero-order valence-electron chi connectivity index (χ0n) is 11.5.